The van der Waals surface area contributed by atoms with Gasteiger partial charge in [-0.15, -0.1) is 13.2 Å². The average molecular weight is 409 g/mol. The fourth-order valence-electron chi connectivity index (χ4n) is 2.09. The van der Waals surface area contributed by atoms with Crippen LogP contribution in [0.25, 0.3) is 11.1 Å². The lowest BCUT2D eigenvalue weighted by atomic mass is 10.3. The maximum absolute atomic E-state index is 12.4. The summed E-state index contributed by atoms with van der Waals surface area (Å²) in [6.07, 6.45) is -4.86. The lowest BCUT2D eigenvalue weighted by Gasteiger charge is -2.11. The largest absolute Gasteiger partial charge is 0.573 e. The molecule has 0 atom stereocenters. The molecule has 0 aliphatic carbocycles. The molecule has 12 heteroatoms. The molecule has 2 aromatic carbocycles. The van der Waals surface area contributed by atoms with Crippen molar-refractivity contribution in [3.63, 3.8) is 0 Å². The Morgan fingerprint density at radius 2 is 1.81 bits per heavy atom. The van der Waals surface area contributed by atoms with Gasteiger partial charge in [0.25, 0.3) is 10.0 Å². The van der Waals surface area contributed by atoms with Gasteiger partial charge in [0, 0.05) is 11.8 Å². The van der Waals surface area contributed by atoms with Crippen molar-refractivity contribution in [2.75, 3.05) is 4.72 Å². The Balaban J connectivity index is 1.89. The summed E-state index contributed by atoms with van der Waals surface area (Å²) in [4.78, 5) is 13.1. The Hall–Kier alpha value is -2.66. The van der Waals surface area contributed by atoms with Crippen molar-refractivity contribution < 1.29 is 30.7 Å². The van der Waals surface area contributed by atoms with E-state index in [1.165, 1.54) is 6.07 Å². The highest BCUT2D eigenvalue weighted by molar-refractivity contribution is 7.92. The summed E-state index contributed by atoms with van der Waals surface area (Å²) in [5, 5.41) is -0.181. The van der Waals surface area contributed by atoms with Gasteiger partial charge in [0.05, 0.1) is 10.5 Å². The minimum Gasteiger partial charge on any atom is -0.408 e. The second kappa shape index (κ2) is 6.25. The van der Waals surface area contributed by atoms with Crippen molar-refractivity contribution in [1.82, 2.24) is 4.98 Å². The number of halogens is 4. The van der Waals surface area contributed by atoms with Crippen molar-refractivity contribution in [3.8, 4) is 5.75 Å². The molecular weight excluding hydrogens is 401 g/mol. The quantitative estimate of drug-likeness (QED) is 0.688. The third-order valence-electron chi connectivity index (χ3n) is 3.10. The first-order chi connectivity index (χ1) is 12.0. The van der Waals surface area contributed by atoms with Crippen LogP contribution in [0.4, 0.5) is 18.9 Å². The number of H-pyrrole nitrogens is 1. The molecule has 3 aromatic rings. The summed E-state index contributed by atoms with van der Waals surface area (Å²) in [6.45, 7) is 0. The monoisotopic (exact) mass is 408 g/mol. The van der Waals surface area contributed by atoms with Crippen molar-refractivity contribution >= 4 is 38.4 Å². The molecular formula is C14H8ClF3N2O5S. The summed E-state index contributed by atoms with van der Waals surface area (Å²) >= 11 is 5.93. The summed E-state index contributed by atoms with van der Waals surface area (Å²) in [7, 11) is -4.20. The van der Waals surface area contributed by atoms with Crippen LogP contribution >= 0.6 is 11.6 Å². The topological polar surface area (TPSA) is 101 Å². The second-order valence-electron chi connectivity index (χ2n) is 4.97. The zero-order valence-electron chi connectivity index (χ0n) is 12.4. The van der Waals surface area contributed by atoms with E-state index in [0.29, 0.717) is 0 Å². The van der Waals surface area contributed by atoms with Gasteiger partial charge in [0.1, 0.15) is 10.6 Å². The van der Waals surface area contributed by atoms with E-state index in [1.807, 2.05) is 0 Å². The molecule has 0 spiro atoms. The van der Waals surface area contributed by atoms with Gasteiger partial charge < -0.3 is 9.15 Å². The number of sulfonamides is 1. The lowest BCUT2D eigenvalue weighted by Crippen LogP contribution is -2.17. The number of oxazole rings is 1. The van der Waals surface area contributed by atoms with Crippen molar-refractivity contribution in [1.29, 1.82) is 0 Å². The maximum atomic E-state index is 12.4. The maximum Gasteiger partial charge on any atom is 0.573 e. The van der Waals surface area contributed by atoms with Gasteiger partial charge in [-0.2, -0.15) is 0 Å². The van der Waals surface area contributed by atoms with Crippen LogP contribution in [0, 0.1) is 0 Å². The normalized spacial score (nSPS) is 12.3. The standard InChI is InChI=1S/C14H8ClF3N2O5S/c15-9-5-10-11(24-13(21)19-10)6-12(9)26(22,23)20-7-1-3-8(4-2-7)25-14(16,17)18/h1-6,20H,(H,19,21). The van der Waals surface area contributed by atoms with E-state index < -0.39 is 27.9 Å². The molecule has 0 aliphatic heterocycles. The number of alkyl halides is 3. The number of aromatic amines is 1. The number of anilines is 1. The van der Waals surface area contributed by atoms with Crippen molar-refractivity contribution in [2.24, 2.45) is 0 Å². The molecule has 3 rings (SSSR count). The zero-order chi connectivity index (χ0) is 19.1. The van der Waals surface area contributed by atoms with E-state index in [1.54, 1.807) is 0 Å². The molecule has 7 nitrogen and oxygen atoms in total. The Labute approximate surface area is 148 Å². The van der Waals surface area contributed by atoms with Gasteiger partial charge >= 0.3 is 12.1 Å². The molecule has 1 aromatic heterocycles. The van der Waals surface area contributed by atoms with Crippen molar-refractivity contribution in [3.05, 3.63) is 52.0 Å². The second-order valence-corrected chi connectivity index (χ2v) is 7.03. The number of rotatable bonds is 4. The molecule has 0 saturated heterocycles. The summed E-state index contributed by atoms with van der Waals surface area (Å²) in [5.74, 6) is -1.28. The molecule has 26 heavy (non-hydrogen) atoms. The van der Waals surface area contributed by atoms with Crippen LogP contribution in [0.5, 0.6) is 5.75 Å². The number of ether oxygens (including phenoxy) is 1. The van der Waals surface area contributed by atoms with Gasteiger partial charge in [-0.1, -0.05) is 11.6 Å². The SMILES string of the molecule is O=c1[nH]c2cc(Cl)c(S(=O)(=O)Nc3ccc(OC(F)(F)F)cc3)cc2o1. The summed E-state index contributed by atoms with van der Waals surface area (Å²) in [5.41, 5.74) is 0.174. The molecule has 1 heterocycles. The Bertz CT molecular complexity index is 1120. The number of nitrogens with one attached hydrogen (secondary N) is 2. The number of aromatic nitrogens is 1. The van der Waals surface area contributed by atoms with E-state index in [4.69, 9.17) is 16.0 Å². The highest BCUT2D eigenvalue weighted by atomic mass is 35.5. The first-order valence-electron chi connectivity index (χ1n) is 6.74. The number of hydrogen-bond acceptors (Lipinski definition) is 5. The van der Waals surface area contributed by atoms with Crippen LogP contribution in [0.2, 0.25) is 5.02 Å². The van der Waals surface area contributed by atoms with Gasteiger partial charge in [0.15, 0.2) is 5.58 Å². The van der Waals surface area contributed by atoms with Crippen LogP contribution in [0.1, 0.15) is 0 Å². The lowest BCUT2D eigenvalue weighted by molar-refractivity contribution is -0.274. The summed E-state index contributed by atoms with van der Waals surface area (Å²) in [6, 6.07) is 6.32. The van der Waals surface area contributed by atoms with E-state index in [9.17, 15) is 26.4 Å². The van der Waals surface area contributed by atoms with Crippen LogP contribution in [-0.2, 0) is 10.0 Å². The Kier molecular flexibility index (Phi) is 4.36. The fourth-order valence-corrected chi connectivity index (χ4v) is 3.70. The van der Waals surface area contributed by atoms with Gasteiger partial charge in [-0.05, 0) is 30.3 Å². The van der Waals surface area contributed by atoms with Crippen LogP contribution in [0.3, 0.4) is 0 Å². The van der Waals surface area contributed by atoms with E-state index in [0.717, 1.165) is 30.3 Å². The third kappa shape index (κ3) is 3.94. The van der Waals surface area contributed by atoms with Crippen LogP contribution in [-0.4, -0.2) is 19.8 Å². The minimum absolute atomic E-state index is 0.0197. The van der Waals surface area contributed by atoms with Gasteiger partial charge in [0.2, 0.25) is 0 Å². The van der Waals surface area contributed by atoms with E-state index in [-0.39, 0.29) is 26.7 Å². The van der Waals surface area contributed by atoms with Crippen LogP contribution < -0.4 is 15.2 Å². The number of hydrogen-bond donors (Lipinski definition) is 2. The zero-order valence-corrected chi connectivity index (χ0v) is 14.0. The molecule has 0 bridgehead atoms. The van der Waals surface area contributed by atoms with E-state index in [2.05, 4.69) is 14.4 Å². The molecule has 138 valence electrons. The van der Waals surface area contributed by atoms with Crippen LogP contribution in [0.15, 0.2) is 50.5 Å². The van der Waals surface area contributed by atoms with Gasteiger partial charge in [-0.25, -0.2) is 13.2 Å². The van der Waals surface area contributed by atoms with Gasteiger partial charge in [-0.3, -0.25) is 9.71 Å². The molecule has 0 unspecified atom stereocenters. The molecule has 0 saturated carbocycles. The Morgan fingerprint density at radius 3 is 2.42 bits per heavy atom. The third-order valence-corrected chi connectivity index (χ3v) is 4.95. The first kappa shape index (κ1) is 18.1. The smallest absolute Gasteiger partial charge is 0.408 e. The highest BCUT2D eigenvalue weighted by Gasteiger charge is 2.31. The van der Waals surface area contributed by atoms with Crippen molar-refractivity contribution in [2.45, 2.75) is 11.3 Å². The fraction of sp³-hybridized carbons (Fsp3) is 0.0714. The first-order valence-corrected chi connectivity index (χ1v) is 8.61. The molecule has 0 radical (unpaired) electrons. The number of fused-ring (bicyclic) bond motifs is 1. The highest BCUT2D eigenvalue weighted by Crippen LogP contribution is 2.29. The molecule has 0 fully saturated rings. The number of benzene rings is 2. The average Bonchev–Trinajstić information content (AvgIpc) is 2.85. The molecule has 2 N–H and O–H groups in total. The van der Waals surface area contributed by atoms with E-state index >= 15 is 0 Å². The summed E-state index contributed by atoms with van der Waals surface area (Å²) < 4.78 is 71.9. The molecule has 0 aliphatic rings. The predicted octanol–water partition coefficient (Wildman–Crippen LogP) is 3.47. The Morgan fingerprint density at radius 1 is 1.15 bits per heavy atom. The molecule has 0 amide bonds. The predicted molar refractivity (Wildman–Crippen MR) is 85.8 cm³/mol. The minimum atomic E-state index is -4.86.